The molecule has 0 unspecified atom stereocenters. The molecule has 0 aliphatic rings. The van der Waals surface area contributed by atoms with Crippen LogP contribution in [-0.2, 0) is 25.1 Å². The second-order valence-corrected chi connectivity index (χ2v) is 6.21. The molecule has 2 rings (SSSR count). The standard InChI is InChI=1S/C14H24N6O3P/c1-5-13(6-2,19-11-15-9-17-19)22-24(21)23-14(7-3,8-4)20-12-16-10-18-20/h9-12H,5-8H2,1-4H3/q+1. The average Bonchev–Trinajstić information content (AvgIpc) is 3.31. The van der Waals surface area contributed by atoms with Crippen molar-refractivity contribution in [1.82, 2.24) is 29.5 Å². The predicted octanol–water partition coefficient (Wildman–Crippen LogP) is 3.21. The van der Waals surface area contributed by atoms with Gasteiger partial charge in [0, 0.05) is 4.57 Å². The molecule has 0 radical (unpaired) electrons. The summed E-state index contributed by atoms with van der Waals surface area (Å²) in [6.07, 6.45) is 8.26. The minimum atomic E-state index is -2.42. The van der Waals surface area contributed by atoms with Crippen molar-refractivity contribution in [2.75, 3.05) is 0 Å². The number of hydrogen-bond acceptors (Lipinski definition) is 7. The first kappa shape index (κ1) is 18.6. The summed E-state index contributed by atoms with van der Waals surface area (Å²) in [6.45, 7) is 7.77. The minimum Gasteiger partial charge on any atom is -0.223 e. The van der Waals surface area contributed by atoms with E-state index in [1.54, 1.807) is 22.0 Å². The first-order valence-electron chi connectivity index (χ1n) is 8.11. The smallest absolute Gasteiger partial charge is 0.223 e. The summed E-state index contributed by atoms with van der Waals surface area (Å²) < 4.78 is 27.5. The van der Waals surface area contributed by atoms with Crippen LogP contribution in [0.15, 0.2) is 25.3 Å². The maximum absolute atomic E-state index is 12.7. The molecule has 2 heterocycles. The van der Waals surface area contributed by atoms with Gasteiger partial charge in [0.15, 0.2) is 0 Å². The molecular weight excluding hydrogens is 331 g/mol. The number of aromatic nitrogens is 6. The van der Waals surface area contributed by atoms with Gasteiger partial charge in [-0.3, -0.25) is 0 Å². The Morgan fingerprint density at radius 1 is 0.833 bits per heavy atom. The topological polar surface area (TPSA) is 97.0 Å². The molecule has 0 aliphatic carbocycles. The molecule has 0 saturated carbocycles. The molecule has 0 fully saturated rings. The van der Waals surface area contributed by atoms with E-state index in [0.717, 1.165) is 0 Å². The lowest BCUT2D eigenvalue weighted by atomic mass is 10.1. The SMILES string of the molecule is CCC(CC)(O[P+](=O)OC(CC)(CC)n1cncn1)n1cncn1. The summed E-state index contributed by atoms with van der Waals surface area (Å²) in [6, 6.07) is 0. The third-order valence-corrected chi connectivity index (χ3v) is 5.35. The van der Waals surface area contributed by atoms with Crippen molar-refractivity contribution in [3.05, 3.63) is 25.3 Å². The van der Waals surface area contributed by atoms with Crippen LogP contribution in [-0.4, -0.2) is 29.5 Å². The van der Waals surface area contributed by atoms with Gasteiger partial charge >= 0.3 is 8.25 Å². The molecule has 24 heavy (non-hydrogen) atoms. The highest BCUT2D eigenvalue weighted by Gasteiger charge is 2.48. The van der Waals surface area contributed by atoms with Gasteiger partial charge in [-0.25, -0.2) is 19.3 Å². The van der Waals surface area contributed by atoms with E-state index in [0.29, 0.717) is 25.7 Å². The summed E-state index contributed by atoms with van der Waals surface area (Å²) in [7, 11) is -2.42. The van der Waals surface area contributed by atoms with E-state index in [4.69, 9.17) is 9.05 Å². The Balaban J connectivity index is 2.21. The predicted molar refractivity (Wildman–Crippen MR) is 86.9 cm³/mol. The lowest BCUT2D eigenvalue weighted by Gasteiger charge is -2.27. The van der Waals surface area contributed by atoms with Gasteiger partial charge in [0.05, 0.1) is 0 Å². The molecular formula is C14H24N6O3P+. The summed E-state index contributed by atoms with van der Waals surface area (Å²) in [5.41, 5.74) is -1.72. The number of nitrogens with zero attached hydrogens (tertiary/aromatic N) is 6. The molecule has 0 amide bonds. The van der Waals surface area contributed by atoms with Gasteiger partial charge in [-0.2, -0.15) is 10.2 Å². The minimum absolute atomic E-state index is 0.575. The molecule has 0 bridgehead atoms. The van der Waals surface area contributed by atoms with Crippen LogP contribution >= 0.6 is 8.25 Å². The van der Waals surface area contributed by atoms with Gasteiger partial charge in [0.25, 0.3) is 0 Å². The Bertz CT molecular complexity index is 569. The quantitative estimate of drug-likeness (QED) is 0.604. The van der Waals surface area contributed by atoms with Crippen molar-refractivity contribution in [3.8, 4) is 0 Å². The summed E-state index contributed by atoms with van der Waals surface area (Å²) >= 11 is 0. The summed E-state index contributed by atoms with van der Waals surface area (Å²) in [5, 5.41) is 8.28. The fourth-order valence-corrected chi connectivity index (χ4v) is 3.90. The highest BCUT2D eigenvalue weighted by molar-refractivity contribution is 7.33. The van der Waals surface area contributed by atoms with Crippen molar-refractivity contribution in [1.29, 1.82) is 0 Å². The maximum atomic E-state index is 12.7. The Hall–Kier alpha value is -1.70. The largest absolute Gasteiger partial charge is 0.702 e. The zero-order chi connectivity index (χ0) is 17.6. The molecule has 132 valence electrons. The van der Waals surface area contributed by atoms with E-state index < -0.39 is 19.7 Å². The van der Waals surface area contributed by atoms with Crippen molar-refractivity contribution < 1.29 is 13.6 Å². The van der Waals surface area contributed by atoms with Crippen LogP contribution in [0.25, 0.3) is 0 Å². The normalized spacial score (nSPS) is 12.5. The van der Waals surface area contributed by atoms with E-state index in [9.17, 15) is 4.57 Å². The van der Waals surface area contributed by atoms with Crippen LogP contribution in [0, 0.1) is 0 Å². The van der Waals surface area contributed by atoms with Crippen LogP contribution in [0.4, 0.5) is 0 Å². The highest BCUT2D eigenvalue weighted by Crippen LogP contribution is 2.44. The second-order valence-electron chi connectivity index (χ2n) is 5.39. The summed E-state index contributed by atoms with van der Waals surface area (Å²) in [5.74, 6) is 0. The third-order valence-electron chi connectivity index (χ3n) is 4.37. The van der Waals surface area contributed by atoms with Crippen LogP contribution in [0.2, 0.25) is 0 Å². The Morgan fingerprint density at radius 2 is 1.21 bits per heavy atom. The fourth-order valence-electron chi connectivity index (χ4n) is 2.62. The van der Waals surface area contributed by atoms with Crippen LogP contribution in [0.3, 0.4) is 0 Å². The number of rotatable bonds is 10. The Kier molecular flexibility index (Phi) is 6.15. The van der Waals surface area contributed by atoms with E-state index in [-0.39, 0.29) is 0 Å². The molecule has 0 aliphatic heterocycles. The first-order chi connectivity index (χ1) is 11.6. The van der Waals surface area contributed by atoms with Gasteiger partial charge in [-0.05, 0) is 25.7 Å². The Morgan fingerprint density at radius 3 is 1.46 bits per heavy atom. The molecule has 0 N–H and O–H groups in total. The molecule has 0 atom stereocenters. The molecule has 2 aromatic heterocycles. The monoisotopic (exact) mass is 355 g/mol. The van der Waals surface area contributed by atoms with Gasteiger partial charge in [-0.1, -0.05) is 36.7 Å². The lowest BCUT2D eigenvalue weighted by Crippen LogP contribution is -2.37. The molecule has 10 heteroatoms. The fraction of sp³-hybridized carbons (Fsp3) is 0.714. The third kappa shape index (κ3) is 3.53. The van der Waals surface area contributed by atoms with E-state index in [2.05, 4.69) is 20.2 Å². The molecule has 0 spiro atoms. The summed E-state index contributed by atoms with van der Waals surface area (Å²) in [4.78, 5) is 7.91. The maximum Gasteiger partial charge on any atom is 0.702 e. The van der Waals surface area contributed by atoms with Gasteiger partial charge in [0.1, 0.15) is 25.3 Å². The molecule has 9 nitrogen and oxygen atoms in total. The zero-order valence-electron chi connectivity index (χ0n) is 14.5. The van der Waals surface area contributed by atoms with Gasteiger partial charge < -0.3 is 0 Å². The van der Waals surface area contributed by atoms with Gasteiger partial charge in [0.2, 0.25) is 11.4 Å². The van der Waals surface area contributed by atoms with Crippen LogP contribution < -0.4 is 0 Å². The Labute approximate surface area is 142 Å². The van der Waals surface area contributed by atoms with Crippen LogP contribution in [0.5, 0.6) is 0 Å². The van der Waals surface area contributed by atoms with Crippen molar-refractivity contribution in [2.45, 2.75) is 64.8 Å². The first-order valence-corrected chi connectivity index (χ1v) is 9.21. The number of hydrogen-bond donors (Lipinski definition) is 0. The highest BCUT2D eigenvalue weighted by atomic mass is 31.1. The lowest BCUT2D eigenvalue weighted by molar-refractivity contribution is -0.0781. The molecule has 0 aromatic carbocycles. The zero-order valence-corrected chi connectivity index (χ0v) is 15.4. The van der Waals surface area contributed by atoms with E-state index >= 15 is 0 Å². The second kappa shape index (κ2) is 7.92. The van der Waals surface area contributed by atoms with E-state index in [1.165, 1.54) is 12.7 Å². The van der Waals surface area contributed by atoms with Gasteiger partial charge in [-0.15, -0.1) is 0 Å². The molecule has 0 saturated heterocycles. The van der Waals surface area contributed by atoms with Crippen LogP contribution in [0.1, 0.15) is 53.4 Å². The molecule has 2 aromatic rings. The van der Waals surface area contributed by atoms with E-state index in [1.807, 2.05) is 27.7 Å². The van der Waals surface area contributed by atoms with Crippen molar-refractivity contribution in [3.63, 3.8) is 0 Å². The van der Waals surface area contributed by atoms with Crippen molar-refractivity contribution in [2.24, 2.45) is 0 Å². The average molecular weight is 355 g/mol. The van der Waals surface area contributed by atoms with Crippen molar-refractivity contribution >= 4 is 8.25 Å².